The molecule has 0 aliphatic carbocycles. The predicted octanol–water partition coefficient (Wildman–Crippen LogP) is 1.36. The van der Waals surface area contributed by atoms with Crippen LogP contribution in [0.15, 0.2) is 4.21 Å². The van der Waals surface area contributed by atoms with Crippen LogP contribution in [0.5, 0.6) is 0 Å². The molecule has 16 heavy (non-hydrogen) atoms. The van der Waals surface area contributed by atoms with E-state index >= 15 is 0 Å². The summed E-state index contributed by atoms with van der Waals surface area (Å²) >= 11 is 0.996. The third kappa shape index (κ3) is 3.43. The van der Waals surface area contributed by atoms with Gasteiger partial charge in [-0.1, -0.05) is 25.2 Å². The summed E-state index contributed by atoms with van der Waals surface area (Å²) in [5.41, 5.74) is 5.93. The first kappa shape index (κ1) is 13.4. The normalized spacial score (nSPS) is 12.2. The number of nitrogens with one attached hydrogen (secondary N) is 1. The number of nitrogen functional groups attached to an aromatic ring is 1. The summed E-state index contributed by atoms with van der Waals surface area (Å²) in [5, 5.41) is 0.279. The summed E-state index contributed by atoms with van der Waals surface area (Å²) in [5.74, 6) is 0.468. The molecule has 0 atom stereocenters. The lowest BCUT2D eigenvalue weighted by Crippen LogP contribution is -2.25. The predicted molar refractivity (Wildman–Crippen MR) is 65.9 cm³/mol. The molecule has 3 N–H and O–H groups in total. The van der Waals surface area contributed by atoms with E-state index in [1.54, 1.807) is 6.92 Å². The molecule has 0 fully saturated rings. The zero-order valence-electron chi connectivity index (χ0n) is 9.65. The first-order valence-electron chi connectivity index (χ1n) is 5.05. The SMILES string of the molecule is Cc1nc(N)sc1S(=O)(=O)NCCC(C)C. The van der Waals surface area contributed by atoms with Gasteiger partial charge >= 0.3 is 0 Å². The highest BCUT2D eigenvalue weighted by Crippen LogP contribution is 2.24. The Hall–Kier alpha value is -0.660. The molecule has 1 heterocycles. The standard InChI is InChI=1S/C9H17N3O2S2/c1-6(2)4-5-11-16(13,14)8-7(3)12-9(10)15-8/h6,11H,4-5H2,1-3H3,(H2,10,12). The molecular weight excluding hydrogens is 246 g/mol. The number of anilines is 1. The summed E-state index contributed by atoms with van der Waals surface area (Å²) in [6, 6.07) is 0. The van der Waals surface area contributed by atoms with Crippen LogP contribution in [0.2, 0.25) is 0 Å². The molecule has 0 bridgehead atoms. The topological polar surface area (TPSA) is 85.1 Å². The van der Waals surface area contributed by atoms with Gasteiger partial charge in [0, 0.05) is 6.54 Å². The van der Waals surface area contributed by atoms with Gasteiger partial charge < -0.3 is 5.73 Å². The molecule has 1 aromatic heterocycles. The first-order chi connectivity index (χ1) is 7.33. The van der Waals surface area contributed by atoms with Crippen molar-refractivity contribution < 1.29 is 8.42 Å². The van der Waals surface area contributed by atoms with Crippen LogP contribution in [0.1, 0.15) is 26.0 Å². The minimum Gasteiger partial charge on any atom is -0.375 e. The Balaban J connectivity index is 2.75. The van der Waals surface area contributed by atoms with E-state index in [4.69, 9.17) is 5.73 Å². The number of aromatic nitrogens is 1. The lowest BCUT2D eigenvalue weighted by Gasteiger charge is -2.06. The van der Waals surface area contributed by atoms with E-state index in [0.29, 0.717) is 18.2 Å². The van der Waals surface area contributed by atoms with Crippen molar-refractivity contribution >= 4 is 26.5 Å². The van der Waals surface area contributed by atoms with Gasteiger partial charge in [-0.2, -0.15) is 0 Å². The van der Waals surface area contributed by atoms with Gasteiger partial charge in [0.1, 0.15) is 0 Å². The fourth-order valence-electron chi connectivity index (χ4n) is 1.20. The quantitative estimate of drug-likeness (QED) is 0.840. The average Bonchev–Trinajstić information content (AvgIpc) is 2.44. The van der Waals surface area contributed by atoms with Gasteiger partial charge in [0.25, 0.3) is 10.0 Å². The molecule has 92 valence electrons. The van der Waals surface area contributed by atoms with Crippen molar-refractivity contribution in [1.29, 1.82) is 0 Å². The molecule has 0 spiro atoms. The van der Waals surface area contributed by atoms with E-state index in [1.165, 1.54) is 0 Å². The van der Waals surface area contributed by atoms with Gasteiger partial charge in [0.05, 0.1) is 5.69 Å². The van der Waals surface area contributed by atoms with Gasteiger partial charge in [-0.25, -0.2) is 18.1 Å². The number of nitrogens with zero attached hydrogens (tertiary/aromatic N) is 1. The maximum absolute atomic E-state index is 11.9. The van der Waals surface area contributed by atoms with Crippen LogP contribution in [0.4, 0.5) is 5.13 Å². The van der Waals surface area contributed by atoms with Crippen LogP contribution in [0.3, 0.4) is 0 Å². The molecule has 0 radical (unpaired) electrons. The van der Waals surface area contributed by atoms with Crippen molar-refractivity contribution in [2.75, 3.05) is 12.3 Å². The smallest absolute Gasteiger partial charge is 0.252 e. The molecule has 0 aromatic carbocycles. The Morgan fingerprint density at radius 2 is 2.12 bits per heavy atom. The van der Waals surface area contributed by atoms with E-state index < -0.39 is 10.0 Å². The van der Waals surface area contributed by atoms with E-state index in [0.717, 1.165) is 17.8 Å². The van der Waals surface area contributed by atoms with Crippen molar-refractivity contribution in [3.63, 3.8) is 0 Å². The Kier molecular flexibility index (Phi) is 4.28. The number of nitrogens with two attached hydrogens (primary N) is 1. The number of sulfonamides is 1. The molecule has 5 nitrogen and oxygen atoms in total. The van der Waals surface area contributed by atoms with Gasteiger partial charge in [-0.05, 0) is 19.3 Å². The molecule has 0 unspecified atom stereocenters. The molecule has 1 aromatic rings. The summed E-state index contributed by atoms with van der Waals surface area (Å²) in [6.45, 7) is 6.18. The second kappa shape index (κ2) is 5.11. The fraction of sp³-hybridized carbons (Fsp3) is 0.667. The van der Waals surface area contributed by atoms with Crippen molar-refractivity contribution in [3.05, 3.63) is 5.69 Å². The highest BCUT2D eigenvalue weighted by atomic mass is 32.2. The van der Waals surface area contributed by atoms with E-state index in [9.17, 15) is 8.42 Å². The number of hydrogen-bond donors (Lipinski definition) is 2. The van der Waals surface area contributed by atoms with Crippen molar-refractivity contribution in [3.8, 4) is 0 Å². The number of rotatable bonds is 5. The summed E-state index contributed by atoms with van der Waals surface area (Å²) in [4.78, 5) is 3.90. The molecule has 1 rings (SSSR count). The lowest BCUT2D eigenvalue weighted by molar-refractivity contribution is 0.552. The molecule has 0 aliphatic heterocycles. The first-order valence-corrected chi connectivity index (χ1v) is 7.35. The molecule has 0 amide bonds. The molecule has 0 saturated carbocycles. The minimum atomic E-state index is -3.44. The van der Waals surface area contributed by atoms with Crippen LogP contribution in [-0.2, 0) is 10.0 Å². The Bertz CT molecular complexity index is 451. The van der Waals surface area contributed by atoms with Crippen molar-refractivity contribution in [2.45, 2.75) is 31.4 Å². The summed E-state index contributed by atoms with van der Waals surface area (Å²) in [7, 11) is -3.44. The van der Waals surface area contributed by atoms with Crippen LogP contribution in [0, 0.1) is 12.8 Å². The summed E-state index contributed by atoms with van der Waals surface area (Å²) < 4.78 is 26.5. The summed E-state index contributed by atoms with van der Waals surface area (Å²) in [6.07, 6.45) is 0.812. The average molecular weight is 263 g/mol. The zero-order valence-corrected chi connectivity index (χ0v) is 11.3. The maximum atomic E-state index is 11.9. The van der Waals surface area contributed by atoms with Crippen LogP contribution in [0.25, 0.3) is 0 Å². The Morgan fingerprint density at radius 1 is 1.50 bits per heavy atom. The van der Waals surface area contributed by atoms with Crippen LogP contribution < -0.4 is 10.5 Å². The molecular formula is C9H17N3O2S2. The van der Waals surface area contributed by atoms with E-state index in [2.05, 4.69) is 9.71 Å². The van der Waals surface area contributed by atoms with Gasteiger partial charge in [0.15, 0.2) is 9.34 Å². The second-order valence-electron chi connectivity index (χ2n) is 4.01. The van der Waals surface area contributed by atoms with E-state index in [-0.39, 0.29) is 9.34 Å². The van der Waals surface area contributed by atoms with Crippen molar-refractivity contribution in [2.24, 2.45) is 5.92 Å². The third-order valence-corrected chi connectivity index (χ3v) is 5.09. The largest absolute Gasteiger partial charge is 0.375 e. The second-order valence-corrected chi connectivity index (χ2v) is 7.00. The Labute approximate surface area is 100 Å². The lowest BCUT2D eigenvalue weighted by atomic mass is 10.1. The molecule has 0 saturated heterocycles. The van der Waals surface area contributed by atoms with Gasteiger partial charge in [-0.15, -0.1) is 0 Å². The zero-order chi connectivity index (χ0) is 12.3. The van der Waals surface area contributed by atoms with Gasteiger partial charge in [-0.3, -0.25) is 0 Å². The number of thiazole rings is 1. The molecule has 0 aliphatic rings. The van der Waals surface area contributed by atoms with E-state index in [1.807, 2.05) is 13.8 Å². The number of aryl methyl sites for hydroxylation is 1. The third-order valence-electron chi connectivity index (χ3n) is 2.03. The Morgan fingerprint density at radius 3 is 2.56 bits per heavy atom. The number of hydrogen-bond acceptors (Lipinski definition) is 5. The maximum Gasteiger partial charge on any atom is 0.252 e. The minimum absolute atomic E-state index is 0.216. The highest BCUT2D eigenvalue weighted by Gasteiger charge is 2.20. The monoisotopic (exact) mass is 263 g/mol. The highest BCUT2D eigenvalue weighted by molar-refractivity contribution is 7.91. The van der Waals surface area contributed by atoms with Crippen LogP contribution in [-0.4, -0.2) is 19.9 Å². The fourth-order valence-corrected chi connectivity index (χ4v) is 3.59. The van der Waals surface area contributed by atoms with Crippen LogP contribution >= 0.6 is 11.3 Å². The van der Waals surface area contributed by atoms with Gasteiger partial charge in [0.2, 0.25) is 0 Å². The molecule has 7 heteroatoms. The van der Waals surface area contributed by atoms with Crippen molar-refractivity contribution in [1.82, 2.24) is 9.71 Å².